The summed E-state index contributed by atoms with van der Waals surface area (Å²) in [7, 11) is -6.24. The number of thiophene rings is 1. The van der Waals surface area contributed by atoms with E-state index in [0.29, 0.717) is 37.2 Å². The maximum absolute atomic E-state index is 14.0. The van der Waals surface area contributed by atoms with Gasteiger partial charge >= 0.3 is 5.97 Å². The van der Waals surface area contributed by atoms with Crippen molar-refractivity contribution in [2.45, 2.75) is 69.0 Å². The average Bonchev–Trinajstić information content (AvgIpc) is 3.36. The van der Waals surface area contributed by atoms with Gasteiger partial charge in [-0.1, -0.05) is 69.4 Å². The third kappa shape index (κ3) is 4.54. The molecule has 1 aliphatic rings. The quantitative estimate of drug-likeness (QED) is 0.265. The molecule has 0 bridgehead atoms. The van der Waals surface area contributed by atoms with Crippen LogP contribution in [-0.2, 0) is 19.4 Å². The molecule has 1 N–H and O–H groups in total. The molecular formula is C30H38O5S2Si. The molecule has 1 saturated heterocycles. The fourth-order valence-electron chi connectivity index (χ4n) is 6.48. The van der Waals surface area contributed by atoms with Gasteiger partial charge < -0.3 is 9.84 Å². The Kier molecular flexibility index (Phi) is 7.99. The molecule has 0 spiro atoms. The van der Waals surface area contributed by atoms with Crippen LogP contribution in [0.2, 0.25) is 24.7 Å². The summed E-state index contributed by atoms with van der Waals surface area (Å²) in [5.74, 6) is -0.0935. The number of carboxylic acid groups (broad SMARTS) is 1. The molecule has 2 atom stereocenters. The number of benzene rings is 2. The monoisotopic (exact) mass is 570 g/mol. The molecule has 1 unspecified atom stereocenters. The molecule has 8 heteroatoms. The summed E-state index contributed by atoms with van der Waals surface area (Å²) in [4.78, 5) is 14.8. The Morgan fingerprint density at radius 1 is 0.947 bits per heavy atom. The van der Waals surface area contributed by atoms with E-state index in [1.165, 1.54) is 11.3 Å². The van der Waals surface area contributed by atoms with E-state index in [1.807, 2.05) is 82.0 Å². The van der Waals surface area contributed by atoms with Crippen LogP contribution in [0.25, 0.3) is 21.6 Å². The first-order valence-corrected chi connectivity index (χ1v) is 19.3. The lowest BCUT2D eigenvalue weighted by atomic mass is 9.82. The van der Waals surface area contributed by atoms with Crippen molar-refractivity contribution in [1.29, 1.82) is 0 Å². The number of aliphatic carboxylic acids is 1. The van der Waals surface area contributed by atoms with Gasteiger partial charge in [0, 0.05) is 9.75 Å². The van der Waals surface area contributed by atoms with E-state index in [0.717, 1.165) is 27.3 Å². The minimum absolute atomic E-state index is 0.0382. The Balaban J connectivity index is 1.78. The number of rotatable bonds is 9. The molecule has 0 radical (unpaired) electrons. The standard InChI is InChI=1S/C30H38O5S2Si/c1-6-30(28(31)32,38(3,4)5)29(20-8-9-21-37(29,33)34)27-19-18-26(36-27)24-12-10-22(11-13-24)23-14-16-25(17-15-23)35-7-2/h10-19H,6-9,20-21H2,1-5H3,(H,31,32)/t29-,30?/m1/s1. The summed E-state index contributed by atoms with van der Waals surface area (Å²) in [6.45, 7) is 10.5. The molecule has 1 fully saturated rings. The molecule has 1 aromatic heterocycles. The second-order valence-electron chi connectivity index (χ2n) is 11.1. The molecular weight excluding hydrogens is 533 g/mol. The first kappa shape index (κ1) is 28.6. The summed E-state index contributed by atoms with van der Waals surface area (Å²) in [5, 5.41) is 9.43. The van der Waals surface area contributed by atoms with Crippen molar-refractivity contribution >= 4 is 35.2 Å². The zero-order valence-corrected chi connectivity index (χ0v) is 25.5. The predicted molar refractivity (Wildman–Crippen MR) is 160 cm³/mol. The van der Waals surface area contributed by atoms with Crippen molar-refractivity contribution in [1.82, 2.24) is 0 Å². The Hall–Kier alpha value is -2.42. The van der Waals surface area contributed by atoms with Gasteiger partial charge in [-0.2, -0.15) is 0 Å². The molecule has 4 rings (SSSR count). The molecule has 0 saturated carbocycles. The van der Waals surface area contributed by atoms with Crippen LogP contribution in [0.15, 0.2) is 60.7 Å². The highest BCUT2D eigenvalue weighted by molar-refractivity contribution is 7.92. The lowest BCUT2D eigenvalue weighted by Gasteiger charge is -2.54. The second kappa shape index (κ2) is 10.6. The highest BCUT2D eigenvalue weighted by atomic mass is 32.2. The van der Waals surface area contributed by atoms with Gasteiger partial charge in [0.25, 0.3) is 0 Å². The molecule has 3 aromatic rings. The molecule has 0 amide bonds. The zero-order chi connectivity index (χ0) is 27.8. The average molecular weight is 571 g/mol. The van der Waals surface area contributed by atoms with Crippen molar-refractivity contribution in [3.05, 3.63) is 65.5 Å². The molecule has 38 heavy (non-hydrogen) atoms. The molecule has 0 aliphatic carbocycles. The lowest BCUT2D eigenvalue weighted by Crippen LogP contribution is -2.62. The number of hydrogen-bond donors (Lipinski definition) is 1. The van der Waals surface area contributed by atoms with Crippen LogP contribution in [0.4, 0.5) is 0 Å². The summed E-state index contributed by atoms with van der Waals surface area (Å²) in [6.07, 6.45) is 1.95. The summed E-state index contributed by atoms with van der Waals surface area (Å²) >= 11 is 1.44. The third-order valence-electron chi connectivity index (χ3n) is 8.26. The van der Waals surface area contributed by atoms with Gasteiger partial charge in [-0.25, -0.2) is 8.42 Å². The molecule has 2 aromatic carbocycles. The molecule has 5 nitrogen and oxygen atoms in total. The van der Waals surface area contributed by atoms with Crippen molar-refractivity contribution < 1.29 is 23.1 Å². The first-order chi connectivity index (χ1) is 17.9. The van der Waals surface area contributed by atoms with E-state index in [1.54, 1.807) is 0 Å². The van der Waals surface area contributed by atoms with Gasteiger partial charge in [0.2, 0.25) is 0 Å². The lowest BCUT2D eigenvalue weighted by molar-refractivity contribution is -0.142. The maximum Gasteiger partial charge on any atom is 0.308 e. The minimum Gasteiger partial charge on any atom is -0.494 e. The number of carboxylic acids is 1. The number of sulfone groups is 1. The van der Waals surface area contributed by atoms with E-state index >= 15 is 0 Å². The Bertz CT molecular complexity index is 1390. The van der Waals surface area contributed by atoms with Crippen molar-refractivity contribution in [3.8, 4) is 27.3 Å². The zero-order valence-electron chi connectivity index (χ0n) is 22.9. The fraction of sp³-hybridized carbons (Fsp3) is 0.433. The predicted octanol–water partition coefficient (Wildman–Crippen LogP) is 7.85. The van der Waals surface area contributed by atoms with Crippen molar-refractivity contribution in [2.24, 2.45) is 0 Å². The number of carbonyl (C=O) groups is 1. The van der Waals surface area contributed by atoms with Gasteiger partial charge in [-0.3, -0.25) is 4.79 Å². The highest BCUT2D eigenvalue weighted by Gasteiger charge is 2.69. The van der Waals surface area contributed by atoms with Crippen LogP contribution >= 0.6 is 11.3 Å². The van der Waals surface area contributed by atoms with Crippen LogP contribution < -0.4 is 4.74 Å². The number of hydrogen-bond acceptors (Lipinski definition) is 5. The van der Waals surface area contributed by atoms with Crippen molar-refractivity contribution in [2.75, 3.05) is 12.4 Å². The SMILES string of the molecule is CCOc1ccc(-c2ccc(-c3ccc([C@@]4(C(CC)(C(=O)O)[Si](C)(C)C)CCCCS4(=O)=O)s3)cc2)cc1. The van der Waals surface area contributed by atoms with Crippen LogP contribution in [0.5, 0.6) is 5.75 Å². The molecule has 1 aliphatic heterocycles. The summed E-state index contributed by atoms with van der Waals surface area (Å²) in [5.41, 5.74) is 3.16. The largest absolute Gasteiger partial charge is 0.494 e. The van der Waals surface area contributed by atoms with Gasteiger partial charge in [0.1, 0.15) is 10.5 Å². The van der Waals surface area contributed by atoms with Gasteiger partial charge in [0.05, 0.1) is 25.5 Å². The third-order valence-corrected chi connectivity index (χ3v) is 16.1. The van der Waals surface area contributed by atoms with E-state index in [4.69, 9.17) is 4.74 Å². The van der Waals surface area contributed by atoms with E-state index < -0.39 is 33.7 Å². The highest BCUT2D eigenvalue weighted by Crippen LogP contribution is 2.64. The van der Waals surface area contributed by atoms with Crippen LogP contribution in [0.3, 0.4) is 0 Å². The Labute approximate surface area is 231 Å². The minimum atomic E-state index is -3.70. The van der Waals surface area contributed by atoms with Gasteiger partial charge in [-0.15, -0.1) is 11.3 Å². The fourth-order valence-corrected chi connectivity index (χ4v) is 15.4. The van der Waals surface area contributed by atoms with E-state index in [2.05, 4.69) is 12.1 Å². The smallest absolute Gasteiger partial charge is 0.308 e. The van der Waals surface area contributed by atoms with E-state index in [-0.39, 0.29) is 5.75 Å². The normalized spacial score (nSPS) is 21.0. The summed E-state index contributed by atoms with van der Waals surface area (Å²) < 4.78 is 32.2. The topological polar surface area (TPSA) is 80.7 Å². The van der Waals surface area contributed by atoms with E-state index in [9.17, 15) is 18.3 Å². The van der Waals surface area contributed by atoms with Gasteiger partial charge in [-0.05, 0) is 67.1 Å². The van der Waals surface area contributed by atoms with Crippen LogP contribution in [-0.4, -0.2) is 39.9 Å². The van der Waals surface area contributed by atoms with Crippen LogP contribution in [0, 0.1) is 0 Å². The summed E-state index contributed by atoms with van der Waals surface area (Å²) in [6, 6.07) is 20.1. The second-order valence-corrected chi connectivity index (χ2v) is 19.9. The Morgan fingerprint density at radius 3 is 2.03 bits per heavy atom. The molecule has 204 valence electrons. The number of ether oxygens (including phenoxy) is 1. The molecule has 2 heterocycles. The first-order valence-electron chi connectivity index (χ1n) is 13.3. The van der Waals surface area contributed by atoms with Gasteiger partial charge in [0.15, 0.2) is 9.84 Å². The maximum atomic E-state index is 14.0. The Morgan fingerprint density at radius 2 is 1.53 bits per heavy atom. The van der Waals surface area contributed by atoms with Crippen LogP contribution in [0.1, 0.15) is 44.4 Å². The van der Waals surface area contributed by atoms with Crippen molar-refractivity contribution in [3.63, 3.8) is 0 Å².